The van der Waals surface area contributed by atoms with Gasteiger partial charge in [-0.1, -0.05) is 0 Å². The molecule has 0 aliphatic carbocycles. The molecular weight excluding hydrogens is 518 g/mol. The zero-order valence-corrected chi connectivity index (χ0v) is 24.1. The maximum Gasteiger partial charge on any atom is 0.243 e. The topological polar surface area (TPSA) is 94.4 Å². The largest absolute Gasteiger partial charge is 0.361 e. The van der Waals surface area contributed by atoms with Crippen LogP contribution in [0.25, 0.3) is 0 Å². The number of hydrogen-bond acceptors (Lipinski definition) is 11. The summed E-state index contributed by atoms with van der Waals surface area (Å²) in [7, 11) is 2.09. The fourth-order valence-corrected chi connectivity index (χ4v) is 8.52. The van der Waals surface area contributed by atoms with E-state index in [1.807, 2.05) is 0 Å². The highest BCUT2D eigenvalue weighted by atomic mass is 19.3. The van der Waals surface area contributed by atoms with Gasteiger partial charge >= 0.3 is 0 Å². The zero-order valence-electron chi connectivity index (χ0n) is 24.1. The monoisotopic (exact) mass is 568 g/mol. The molecule has 0 aromatic rings. The minimum absolute atomic E-state index is 0.0347. The number of nitrogens with one attached hydrogen (secondary N) is 6. The Morgan fingerprint density at radius 2 is 1.85 bits per heavy atom. The SMILES string of the molecule is C[C@H]1CCOC2C(CNN2C)C2NCCC(NC3CC4C(CN3)C(N3CCC(CN5CC(C(F)F)C5)C3)NN41)N2. The molecule has 11 nitrogen and oxygen atoms in total. The Hall–Kier alpha value is -0.580. The quantitative estimate of drug-likeness (QED) is 0.252. The number of alkyl halides is 2. The van der Waals surface area contributed by atoms with Crippen molar-refractivity contribution in [3.05, 3.63) is 0 Å². The molecule has 0 saturated carbocycles. The van der Waals surface area contributed by atoms with E-state index in [0.717, 1.165) is 71.6 Å². The molecule has 13 heteroatoms. The van der Waals surface area contributed by atoms with E-state index in [4.69, 9.17) is 4.74 Å². The number of piperidine rings is 1. The van der Waals surface area contributed by atoms with E-state index in [1.165, 1.54) is 0 Å². The van der Waals surface area contributed by atoms with Gasteiger partial charge in [-0.2, -0.15) is 0 Å². The molecule has 7 heterocycles. The molecule has 0 amide bonds. The van der Waals surface area contributed by atoms with Crippen LogP contribution < -0.4 is 32.1 Å². The second-order valence-corrected chi connectivity index (χ2v) is 13.5. The van der Waals surface area contributed by atoms with E-state index in [9.17, 15) is 8.78 Å². The van der Waals surface area contributed by atoms with E-state index in [0.29, 0.717) is 49.1 Å². The molecule has 4 bridgehead atoms. The summed E-state index contributed by atoms with van der Waals surface area (Å²) >= 11 is 0. The van der Waals surface area contributed by atoms with Gasteiger partial charge in [-0.15, -0.1) is 0 Å². The summed E-state index contributed by atoms with van der Waals surface area (Å²) in [5.74, 6) is 0.980. The van der Waals surface area contributed by atoms with Crippen LogP contribution in [-0.4, -0.2) is 135 Å². The number of likely N-dealkylation sites (tertiary alicyclic amines) is 2. The highest BCUT2D eigenvalue weighted by Crippen LogP contribution is 2.35. The Morgan fingerprint density at radius 3 is 2.70 bits per heavy atom. The molecule has 0 radical (unpaired) electrons. The second-order valence-electron chi connectivity index (χ2n) is 13.5. The second kappa shape index (κ2) is 11.8. The van der Waals surface area contributed by atoms with E-state index >= 15 is 0 Å². The van der Waals surface area contributed by atoms with Crippen LogP contribution in [0, 0.1) is 23.7 Å². The number of rotatable bonds is 4. The summed E-state index contributed by atoms with van der Waals surface area (Å²) in [6.45, 7) is 10.1. The van der Waals surface area contributed by atoms with Crippen molar-refractivity contribution in [3.63, 3.8) is 0 Å². The van der Waals surface area contributed by atoms with Gasteiger partial charge < -0.3 is 20.3 Å². The molecule has 7 aliphatic heterocycles. The number of hydrazine groups is 2. The predicted molar refractivity (Wildman–Crippen MR) is 148 cm³/mol. The lowest BCUT2D eigenvalue weighted by atomic mass is 9.89. The summed E-state index contributed by atoms with van der Waals surface area (Å²) in [6, 6.07) is 0.808. The average Bonchev–Trinajstić information content (AvgIpc) is 3.62. The van der Waals surface area contributed by atoms with Crippen LogP contribution in [0.1, 0.15) is 32.6 Å². The molecule has 7 aliphatic rings. The molecule has 0 aromatic carbocycles. The molecule has 0 aromatic heterocycles. The molecular formula is C27H50F2N10O. The van der Waals surface area contributed by atoms with Gasteiger partial charge in [0.25, 0.3) is 0 Å². The molecule has 228 valence electrons. The first-order valence-electron chi connectivity index (χ1n) is 15.8. The summed E-state index contributed by atoms with van der Waals surface area (Å²) in [6.07, 6.45) is 3.15. The maximum absolute atomic E-state index is 12.9. The van der Waals surface area contributed by atoms with E-state index in [-0.39, 0.29) is 24.7 Å². The van der Waals surface area contributed by atoms with Crippen molar-refractivity contribution in [2.45, 2.75) is 82.0 Å². The number of hydrogen-bond donors (Lipinski definition) is 6. The van der Waals surface area contributed by atoms with Crippen molar-refractivity contribution in [3.8, 4) is 0 Å². The zero-order chi connectivity index (χ0) is 27.4. The van der Waals surface area contributed by atoms with Crippen LogP contribution in [0.4, 0.5) is 8.78 Å². The van der Waals surface area contributed by atoms with Crippen molar-refractivity contribution in [1.82, 2.24) is 51.9 Å². The van der Waals surface area contributed by atoms with E-state index in [1.54, 1.807) is 0 Å². The lowest BCUT2D eigenvalue weighted by Crippen LogP contribution is -2.67. The maximum atomic E-state index is 12.9. The van der Waals surface area contributed by atoms with Crippen molar-refractivity contribution < 1.29 is 13.5 Å². The number of nitrogens with zero attached hydrogens (tertiary/aromatic N) is 4. The first kappa shape index (κ1) is 28.2. The van der Waals surface area contributed by atoms with Crippen LogP contribution in [0.5, 0.6) is 0 Å². The smallest absolute Gasteiger partial charge is 0.243 e. The summed E-state index contributed by atoms with van der Waals surface area (Å²) < 4.78 is 32.4. The van der Waals surface area contributed by atoms with Gasteiger partial charge in [0, 0.05) is 82.7 Å². The molecule has 6 N–H and O–H groups in total. The number of fused-ring (bicyclic) bond motifs is 5. The fraction of sp³-hybridized carbons (Fsp3) is 1.00. The van der Waals surface area contributed by atoms with Gasteiger partial charge in [-0.05, 0) is 45.1 Å². The van der Waals surface area contributed by atoms with Gasteiger partial charge in [-0.3, -0.25) is 21.0 Å². The lowest BCUT2D eigenvalue weighted by molar-refractivity contribution is -0.0793. The van der Waals surface area contributed by atoms with Crippen LogP contribution >= 0.6 is 0 Å². The third-order valence-electron chi connectivity index (χ3n) is 10.8. The van der Waals surface area contributed by atoms with E-state index in [2.05, 4.69) is 65.9 Å². The highest BCUT2D eigenvalue weighted by Gasteiger charge is 2.50. The van der Waals surface area contributed by atoms with E-state index < -0.39 is 12.3 Å². The average molecular weight is 569 g/mol. The van der Waals surface area contributed by atoms with Crippen LogP contribution in [0.15, 0.2) is 0 Å². The Kier molecular flexibility index (Phi) is 8.35. The van der Waals surface area contributed by atoms with Crippen LogP contribution in [0.2, 0.25) is 0 Å². The standard InChI is InChI=1S/C27H50F2N10O/c1-16-5-8-40-27-20(11-32-36(27)2)25-30-6-3-22(34-25)33-23-9-21-19(10-31-23)26(35-39(16)21)38-7-4-17(13-38)12-37-14-18(15-37)24(28)29/h16-27,30-35H,3-15H2,1-2H3/t16-,17?,19?,20?,21?,22?,23?,25?,26?,27?/m0/s1. The highest BCUT2D eigenvalue weighted by molar-refractivity contribution is 5.02. The first-order valence-corrected chi connectivity index (χ1v) is 15.8. The first-order chi connectivity index (χ1) is 19.4. The van der Waals surface area contributed by atoms with Gasteiger partial charge in [0.2, 0.25) is 6.43 Å². The van der Waals surface area contributed by atoms with Crippen molar-refractivity contribution in [1.29, 1.82) is 0 Å². The third-order valence-corrected chi connectivity index (χ3v) is 10.8. The van der Waals surface area contributed by atoms with Crippen LogP contribution in [0.3, 0.4) is 0 Å². The van der Waals surface area contributed by atoms with Gasteiger partial charge in [-0.25, -0.2) is 24.2 Å². The fourth-order valence-electron chi connectivity index (χ4n) is 8.52. The normalized spacial score (nSPS) is 46.4. The molecule has 0 spiro atoms. The summed E-state index contributed by atoms with van der Waals surface area (Å²) in [5, 5.41) is 20.0. The minimum atomic E-state index is -2.17. The third kappa shape index (κ3) is 5.57. The van der Waals surface area contributed by atoms with Gasteiger partial charge in [0.15, 0.2) is 0 Å². The van der Waals surface area contributed by atoms with Crippen molar-refractivity contribution >= 4 is 0 Å². The van der Waals surface area contributed by atoms with Gasteiger partial charge in [0.1, 0.15) is 6.23 Å². The lowest BCUT2D eigenvalue weighted by Gasteiger charge is -2.43. The molecule has 9 unspecified atom stereocenters. The molecule has 10 atom stereocenters. The summed E-state index contributed by atoms with van der Waals surface area (Å²) in [5.41, 5.74) is 7.48. The number of ether oxygens (including phenoxy) is 1. The molecule has 7 rings (SSSR count). The van der Waals surface area contributed by atoms with Crippen molar-refractivity contribution in [2.75, 3.05) is 66.0 Å². The number of halogens is 2. The Labute approximate surface area is 237 Å². The minimum Gasteiger partial charge on any atom is -0.361 e. The molecule has 7 fully saturated rings. The van der Waals surface area contributed by atoms with Crippen LogP contribution in [-0.2, 0) is 4.74 Å². The predicted octanol–water partition coefficient (Wildman–Crippen LogP) is -1.02. The molecule has 7 saturated heterocycles. The van der Waals surface area contributed by atoms with Gasteiger partial charge in [0.05, 0.1) is 31.3 Å². The Balaban J connectivity index is 1.02. The Bertz CT molecular complexity index is 869. The molecule has 40 heavy (non-hydrogen) atoms. The summed E-state index contributed by atoms with van der Waals surface area (Å²) in [4.78, 5) is 4.87. The van der Waals surface area contributed by atoms with Crippen molar-refractivity contribution in [2.24, 2.45) is 23.7 Å². The Morgan fingerprint density at radius 1 is 0.975 bits per heavy atom.